The molecule has 0 atom stereocenters. The van der Waals surface area contributed by atoms with Gasteiger partial charge in [-0.05, 0) is 48.0 Å². The summed E-state index contributed by atoms with van der Waals surface area (Å²) >= 11 is 5.22. The van der Waals surface area contributed by atoms with Gasteiger partial charge in [0.05, 0.1) is 11.7 Å². The number of pyridine rings is 1. The van der Waals surface area contributed by atoms with Crippen molar-refractivity contribution in [2.24, 2.45) is 5.10 Å². The van der Waals surface area contributed by atoms with Crippen LogP contribution in [0.2, 0.25) is 0 Å². The van der Waals surface area contributed by atoms with E-state index in [2.05, 4.69) is 33.0 Å². The summed E-state index contributed by atoms with van der Waals surface area (Å²) < 4.78 is 0. The second-order valence-electron chi connectivity index (χ2n) is 5.32. The fraction of sp³-hybridized carbons (Fsp3) is 0.105. The number of hydrogen-bond donors (Lipinski definition) is 2. The van der Waals surface area contributed by atoms with Gasteiger partial charge in [0.1, 0.15) is 0 Å². The molecule has 3 aromatic rings. The summed E-state index contributed by atoms with van der Waals surface area (Å²) in [6, 6.07) is 20.2. The van der Waals surface area contributed by atoms with Gasteiger partial charge in [0, 0.05) is 18.1 Å². The zero-order valence-electron chi connectivity index (χ0n) is 13.1. The van der Waals surface area contributed by atoms with Crippen molar-refractivity contribution in [1.29, 1.82) is 0 Å². The van der Waals surface area contributed by atoms with Crippen molar-refractivity contribution >= 4 is 34.4 Å². The van der Waals surface area contributed by atoms with E-state index in [9.17, 15) is 0 Å². The molecule has 0 unspecified atom stereocenters. The van der Waals surface area contributed by atoms with E-state index in [1.165, 1.54) is 5.56 Å². The second kappa shape index (κ2) is 8.17. The predicted molar refractivity (Wildman–Crippen MR) is 103 cm³/mol. The molecule has 120 valence electrons. The molecule has 4 nitrogen and oxygen atoms in total. The zero-order valence-corrected chi connectivity index (χ0v) is 14.0. The Morgan fingerprint density at radius 1 is 1.08 bits per heavy atom. The number of nitrogens with zero attached hydrogens (tertiary/aromatic N) is 2. The van der Waals surface area contributed by atoms with Crippen LogP contribution in [0.3, 0.4) is 0 Å². The van der Waals surface area contributed by atoms with Crippen molar-refractivity contribution in [2.45, 2.75) is 6.42 Å². The van der Waals surface area contributed by atoms with Crippen LogP contribution in [0.15, 0.2) is 72.0 Å². The van der Waals surface area contributed by atoms with Crippen molar-refractivity contribution in [3.63, 3.8) is 0 Å². The van der Waals surface area contributed by atoms with Crippen LogP contribution in [0, 0.1) is 0 Å². The lowest BCUT2D eigenvalue weighted by Crippen LogP contribution is -2.33. The van der Waals surface area contributed by atoms with E-state index in [0.717, 1.165) is 29.4 Å². The van der Waals surface area contributed by atoms with E-state index in [1.807, 2.05) is 48.5 Å². The summed E-state index contributed by atoms with van der Waals surface area (Å²) in [6.07, 6.45) is 4.46. The molecule has 3 rings (SSSR count). The van der Waals surface area contributed by atoms with Crippen LogP contribution in [-0.4, -0.2) is 22.9 Å². The third-order valence-electron chi connectivity index (χ3n) is 3.55. The second-order valence-corrected chi connectivity index (χ2v) is 5.73. The van der Waals surface area contributed by atoms with E-state index in [-0.39, 0.29) is 0 Å². The number of hydrogen-bond acceptors (Lipinski definition) is 3. The van der Waals surface area contributed by atoms with E-state index in [1.54, 1.807) is 12.4 Å². The van der Waals surface area contributed by atoms with E-state index in [0.29, 0.717) is 5.11 Å². The van der Waals surface area contributed by atoms with Gasteiger partial charge in [-0.15, -0.1) is 0 Å². The van der Waals surface area contributed by atoms with Gasteiger partial charge in [0.2, 0.25) is 0 Å². The molecule has 0 spiro atoms. The van der Waals surface area contributed by atoms with Gasteiger partial charge in [-0.1, -0.05) is 42.5 Å². The Morgan fingerprint density at radius 2 is 1.96 bits per heavy atom. The average molecular weight is 334 g/mol. The molecule has 5 heteroatoms. The fourth-order valence-electron chi connectivity index (χ4n) is 2.34. The molecule has 0 saturated heterocycles. The van der Waals surface area contributed by atoms with Crippen molar-refractivity contribution < 1.29 is 0 Å². The minimum absolute atomic E-state index is 0.518. The minimum Gasteiger partial charge on any atom is -0.361 e. The molecule has 1 aromatic heterocycles. The maximum atomic E-state index is 5.22. The first-order valence-electron chi connectivity index (χ1n) is 7.77. The van der Waals surface area contributed by atoms with Gasteiger partial charge in [-0.2, -0.15) is 5.10 Å². The topological polar surface area (TPSA) is 49.3 Å². The van der Waals surface area contributed by atoms with Gasteiger partial charge in [0.15, 0.2) is 5.11 Å². The Morgan fingerprint density at radius 3 is 2.83 bits per heavy atom. The number of fused-ring (bicyclic) bond motifs is 1. The SMILES string of the molecule is S=C(NCCc1ccccc1)N/N=C\c1ccc2ncccc2c1. The normalized spacial score (nSPS) is 10.8. The Hall–Kier alpha value is -2.79. The Balaban J connectivity index is 1.47. The lowest BCUT2D eigenvalue weighted by molar-refractivity contribution is 0.838. The smallest absolute Gasteiger partial charge is 0.186 e. The number of benzene rings is 2. The Kier molecular flexibility index (Phi) is 5.48. The van der Waals surface area contributed by atoms with Crippen molar-refractivity contribution in [3.8, 4) is 0 Å². The van der Waals surface area contributed by atoms with Crippen LogP contribution >= 0.6 is 12.2 Å². The van der Waals surface area contributed by atoms with Crippen LogP contribution in [0.5, 0.6) is 0 Å². The first-order chi connectivity index (χ1) is 11.8. The third-order valence-corrected chi connectivity index (χ3v) is 3.78. The van der Waals surface area contributed by atoms with E-state index >= 15 is 0 Å². The van der Waals surface area contributed by atoms with Crippen molar-refractivity contribution in [3.05, 3.63) is 78.0 Å². The van der Waals surface area contributed by atoms with Gasteiger partial charge in [-0.25, -0.2) is 0 Å². The summed E-state index contributed by atoms with van der Waals surface area (Å²) in [4.78, 5) is 4.30. The molecule has 24 heavy (non-hydrogen) atoms. The summed E-state index contributed by atoms with van der Waals surface area (Å²) in [5.41, 5.74) is 6.09. The van der Waals surface area contributed by atoms with Gasteiger partial charge < -0.3 is 5.32 Å². The van der Waals surface area contributed by atoms with Gasteiger partial charge >= 0.3 is 0 Å². The lowest BCUT2D eigenvalue weighted by atomic mass is 10.1. The van der Waals surface area contributed by atoms with Gasteiger partial charge in [0.25, 0.3) is 0 Å². The number of aromatic nitrogens is 1. The van der Waals surface area contributed by atoms with Crippen LogP contribution < -0.4 is 10.7 Å². The largest absolute Gasteiger partial charge is 0.361 e. The number of thiocarbonyl (C=S) groups is 1. The van der Waals surface area contributed by atoms with Gasteiger partial charge in [-0.3, -0.25) is 10.4 Å². The first kappa shape index (κ1) is 16.1. The van der Waals surface area contributed by atoms with Crippen LogP contribution in [-0.2, 0) is 6.42 Å². The highest BCUT2D eigenvalue weighted by Gasteiger charge is 1.96. The molecule has 1 heterocycles. The maximum Gasteiger partial charge on any atom is 0.186 e. The molecule has 2 aromatic carbocycles. The molecular formula is C19H18N4S. The Labute approximate surface area is 146 Å². The zero-order chi connectivity index (χ0) is 16.6. The number of rotatable bonds is 5. The number of nitrogens with one attached hydrogen (secondary N) is 2. The minimum atomic E-state index is 0.518. The highest BCUT2D eigenvalue weighted by Crippen LogP contribution is 2.11. The molecule has 0 aliphatic heterocycles. The van der Waals surface area contributed by atoms with Crippen LogP contribution in [0.25, 0.3) is 10.9 Å². The van der Waals surface area contributed by atoms with Crippen LogP contribution in [0.4, 0.5) is 0 Å². The standard InChI is InChI=1S/C19H18N4S/c24-19(21-12-10-15-5-2-1-3-6-15)23-22-14-16-8-9-18-17(13-16)7-4-11-20-18/h1-9,11,13-14H,10,12H2,(H2,21,23,24)/b22-14-. The average Bonchev–Trinajstić information content (AvgIpc) is 2.62. The monoisotopic (exact) mass is 334 g/mol. The molecule has 0 bridgehead atoms. The highest BCUT2D eigenvalue weighted by molar-refractivity contribution is 7.80. The van der Waals surface area contributed by atoms with Crippen molar-refractivity contribution in [1.82, 2.24) is 15.7 Å². The maximum absolute atomic E-state index is 5.22. The molecule has 0 saturated carbocycles. The van der Waals surface area contributed by atoms with E-state index < -0.39 is 0 Å². The molecule has 0 amide bonds. The molecule has 0 fully saturated rings. The van der Waals surface area contributed by atoms with Crippen LogP contribution in [0.1, 0.15) is 11.1 Å². The predicted octanol–water partition coefficient (Wildman–Crippen LogP) is 3.28. The Bertz CT molecular complexity index is 846. The molecular weight excluding hydrogens is 316 g/mol. The van der Waals surface area contributed by atoms with Crippen molar-refractivity contribution in [2.75, 3.05) is 6.54 Å². The lowest BCUT2D eigenvalue weighted by Gasteiger charge is -2.06. The fourth-order valence-corrected chi connectivity index (χ4v) is 2.50. The van der Waals surface area contributed by atoms with E-state index in [4.69, 9.17) is 12.2 Å². The summed E-state index contributed by atoms with van der Waals surface area (Å²) in [7, 11) is 0. The quantitative estimate of drug-likeness (QED) is 0.427. The molecule has 2 N–H and O–H groups in total. The summed E-state index contributed by atoms with van der Waals surface area (Å²) in [5, 5.41) is 8.92. The first-order valence-corrected chi connectivity index (χ1v) is 8.18. The summed E-state index contributed by atoms with van der Waals surface area (Å²) in [5.74, 6) is 0. The summed E-state index contributed by atoms with van der Waals surface area (Å²) in [6.45, 7) is 0.771. The molecule has 0 aliphatic rings. The molecule has 0 aliphatic carbocycles. The highest BCUT2D eigenvalue weighted by atomic mass is 32.1. The molecule has 0 radical (unpaired) electrons. The number of hydrazone groups is 1. The third kappa shape index (κ3) is 4.60.